The maximum Gasteiger partial charge on any atom is 0.313 e. The normalized spacial score (nSPS) is 12.6. The molecule has 0 radical (unpaired) electrons. The van der Waals surface area contributed by atoms with Gasteiger partial charge in [-0.2, -0.15) is 0 Å². The summed E-state index contributed by atoms with van der Waals surface area (Å²) in [4.78, 5) is 11.6. The first-order valence-corrected chi connectivity index (χ1v) is 5.66. The second kappa shape index (κ2) is 4.47. The molecule has 96 valence electrons. The maximum absolute atomic E-state index is 11.6. The lowest BCUT2D eigenvalue weighted by Crippen LogP contribution is -2.30. The average Bonchev–Trinajstić information content (AvgIpc) is 2.63. The summed E-state index contributed by atoms with van der Waals surface area (Å²) in [6.45, 7) is 10.4. The van der Waals surface area contributed by atoms with Gasteiger partial charge < -0.3 is 4.74 Å². The molecular formula is C12H21N3O2. The van der Waals surface area contributed by atoms with Crippen molar-refractivity contribution in [3.63, 3.8) is 0 Å². The van der Waals surface area contributed by atoms with Gasteiger partial charge in [0.15, 0.2) is 0 Å². The van der Waals surface area contributed by atoms with E-state index in [0.717, 1.165) is 5.69 Å². The van der Waals surface area contributed by atoms with Crippen molar-refractivity contribution in [3.8, 4) is 0 Å². The molecule has 0 spiro atoms. The van der Waals surface area contributed by atoms with E-state index in [0.29, 0.717) is 6.54 Å². The third kappa shape index (κ3) is 3.28. The molecule has 0 amide bonds. The smallest absolute Gasteiger partial charge is 0.313 e. The Balaban J connectivity index is 2.83. The lowest BCUT2D eigenvalue weighted by atomic mass is 9.92. The Bertz CT molecular complexity index is 402. The minimum atomic E-state index is -0.600. The monoisotopic (exact) mass is 239 g/mol. The standard InChI is InChI=1S/C12H21N3O2/c1-11(2,3)9-7-15(14-13-9)8-12(4,5)10(16)17-6/h7H,8H2,1-6H3. The maximum atomic E-state index is 11.6. The molecule has 0 unspecified atom stereocenters. The largest absolute Gasteiger partial charge is 0.469 e. The third-order valence-electron chi connectivity index (χ3n) is 2.60. The van der Waals surface area contributed by atoms with Gasteiger partial charge in [-0.1, -0.05) is 26.0 Å². The van der Waals surface area contributed by atoms with Gasteiger partial charge in [-0.15, -0.1) is 5.10 Å². The Morgan fingerprint density at radius 3 is 2.35 bits per heavy atom. The zero-order valence-corrected chi connectivity index (χ0v) is 11.4. The molecule has 0 saturated carbocycles. The van der Waals surface area contributed by atoms with Crippen LogP contribution in [0.2, 0.25) is 0 Å². The van der Waals surface area contributed by atoms with Crippen molar-refractivity contribution in [2.45, 2.75) is 46.6 Å². The molecule has 17 heavy (non-hydrogen) atoms. The number of esters is 1. The van der Waals surface area contributed by atoms with Gasteiger partial charge in [0.25, 0.3) is 0 Å². The van der Waals surface area contributed by atoms with E-state index in [1.165, 1.54) is 7.11 Å². The SMILES string of the molecule is COC(=O)C(C)(C)Cn1cc(C(C)(C)C)nn1. The molecule has 1 aromatic heterocycles. The first-order valence-electron chi connectivity index (χ1n) is 5.66. The van der Waals surface area contributed by atoms with Crippen molar-refractivity contribution < 1.29 is 9.53 Å². The first kappa shape index (κ1) is 13.7. The van der Waals surface area contributed by atoms with Crippen LogP contribution in [0.15, 0.2) is 6.20 Å². The molecule has 5 nitrogen and oxygen atoms in total. The molecule has 5 heteroatoms. The summed E-state index contributed by atoms with van der Waals surface area (Å²) < 4.78 is 6.45. The van der Waals surface area contributed by atoms with Crippen molar-refractivity contribution in [2.75, 3.05) is 7.11 Å². The molecular weight excluding hydrogens is 218 g/mol. The number of carbonyl (C=O) groups excluding carboxylic acids is 1. The Morgan fingerprint density at radius 1 is 1.35 bits per heavy atom. The Kier molecular flexibility index (Phi) is 3.59. The summed E-state index contributed by atoms with van der Waals surface area (Å²) in [6.07, 6.45) is 1.88. The number of hydrogen-bond donors (Lipinski definition) is 0. The summed E-state index contributed by atoms with van der Waals surface area (Å²) in [6, 6.07) is 0. The highest BCUT2D eigenvalue weighted by molar-refractivity contribution is 5.75. The molecule has 0 fully saturated rings. The van der Waals surface area contributed by atoms with Gasteiger partial charge in [0.2, 0.25) is 0 Å². The highest BCUT2D eigenvalue weighted by atomic mass is 16.5. The Hall–Kier alpha value is -1.39. The van der Waals surface area contributed by atoms with Crippen LogP contribution in [0.3, 0.4) is 0 Å². The van der Waals surface area contributed by atoms with E-state index >= 15 is 0 Å². The number of ether oxygens (including phenoxy) is 1. The molecule has 0 aliphatic heterocycles. The van der Waals surface area contributed by atoms with Crippen molar-refractivity contribution in [1.29, 1.82) is 0 Å². The van der Waals surface area contributed by atoms with E-state index in [4.69, 9.17) is 4.74 Å². The van der Waals surface area contributed by atoms with Crippen LogP contribution in [-0.4, -0.2) is 28.1 Å². The summed E-state index contributed by atoms with van der Waals surface area (Å²) in [5.74, 6) is -0.245. The van der Waals surface area contributed by atoms with Crippen LogP contribution in [0.4, 0.5) is 0 Å². The van der Waals surface area contributed by atoms with Gasteiger partial charge in [0.05, 0.1) is 24.8 Å². The Labute approximate surface area is 102 Å². The number of nitrogens with zero attached hydrogens (tertiary/aromatic N) is 3. The predicted octanol–water partition coefficient (Wildman–Crippen LogP) is 1.77. The zero-order chi connectivity index (χ0) is 13.3. The van der Waals surface area contributed by atoms with Gasteiger partial charge in [0.1, 0.15) is 0 Å². The van der Waals surface area contributed by atoms with Crippen molar-refractivity contribution >= 4 is 5.97 Å². The highest BCUT2D eigenvalue weighted by Gasteiger charge is 2.30. The molecule has 0 aromatic carbocycles. The van der Waals surface area contributed by atoms with E-state index in [2.05, 4.69) is 31.1 Å². The van der Waals surface area contributed by atoms with Crippen molar-refractivity contribution in [1.82, 2.24) is 15.0 Å². The molecule has 0 aliphatic carbocycles. The molecule has 0 N–H and O–H groups in total. The number of aromatic nitrogens is 3. The number of carbonyl (C=O) groups is 1. The predicted molar refractivity (Wildman–Crippen MR) is 64.5 cm³/mol. The summed E-state index contributed by atoms with van der Waals surface area (Å²) in [7, 11) is 1.39. The van der Waals surface area contributed by atoms with E-state index in [1.54, 1.807) is 4.68 Å². The minimum Gasteiger partial charge on any atom is -0.469 e. The van der Waals surface area contributed by atoms with E-state index < -0.39 is 5.41 Å². The number of hydrogen-bond acceptors (Lipinski definition) is 4. The van der Waals surface area contributed by atoms with Crippen LogP contribution in [0, 0.1) is 5.41 Å². The molecule has 0 aliphatic rings. The fraction of sp³-hybridized carbons (Fsp3) is 0.750. The van der Waals surface area contributed by atoms with Gasteiger partial charge in [-0.05, 0) is 13.8 Å². The second-order valence-electron chi connectivity index (χ2n) is 5.93. The lowest BCUT2D eigenvalue weighted by Gasteiger charge is -2.20. The van der Waals surface area contributed by atoms with Crippen LogP contribution >= 0.6 is 0 Å². The fourth-order valence-electron chi connectivity index (χ4n) is 1.47. The molecule has 1 heterocycles. The van der Waals surface area contributed by atoms with Gasteiger partial charge in [0, 0.05) is 11.6 Å². The third-order valence-corrected chi connectivity index (χ3v) is 2.60. The molecule has 1 aromatic rings. The van der Waals surface area contributed by atoms with Crippen molar-refractivity contribution in [2.24, 2.45) is 5.41 Å². The van der Waals surface area contributed by atoms with Gasteiger partial charge in [-0.25, -0.2) is 0 Å². The van der Waals surface area contributed by atoms with Gasteiger partial charge >= 0.3 is 5.97 Å². The van der Waals surface area contributed by atoms with E-state index in [-0.39, 0.29) is 11.4 Å². The van der Waals surface area contributed by atoms with Crippen LogP contribution in [0.25, 0.3) is 0 Å². The van der Waals surface area contributed by atoms with Crippen LogP contribution in [-0.2, 0) is 21.5 Å². The average molecular weight is 239 g/mol. The highest BCUT2D eigenvalue weighted by Crippen LogP contribution is 2.22. The lowest BCUT2D eigenvalue weighted by molar-refractivity contribution is -0.151. The summed E-state index contributed by atoms with van der Waals surface area (Å²) >= 11 is 0. The first-order chi connectivity index (χ1) is 7.66. The summed E-state index contributed by atoms with van der Waals surface area (Å²) in [5.41, 5.74) is 0.281. The van der Waals surface area contributed by atoms with Crippen LogP contribution in [0.5, 0.6) is 0 Å². The van der Waals surface area contributed by atoms with E-state index in [9.17, 15) is 4.79 Å². The minimum absolute atomic E-state index is 0.0341. The van der Waals surface area contributed by atoms with Gasteiger partial charge in [-0.3, -0.25) is 9.48 Å². The van der Waals surface area contributed by atoms with E-state index in [1.807, 2.05) is 20.0 Å². The Morgan fingerprint density at radius 2 is 1.94 bits per heavy atom. The molecule has 0 bridgehead atoms. The van der Waals surface area contributed by atoms with Crippen molar-refractivity contribution in [3.05, 3.63) is 11.9 Å². The molecule has 0 atom stereocenters. The zero-order valence-electron chi connectivity index (χ0n) is 11.4. The van der Waals surface area contributed by atoms with Crippen LogP contribution < -0.4 is 0 Å². The van der Waals surface area contributed by atoms with Crippen LogP contribution in [0.1, 0.15) is 40.3 Å². The number of methoxy groups -OCH3 is 1. The topological polar surface area (TPSA) is 57.0 Å². The number of rotatable bonds is 3. The molecule has 0 saturated heterocycles. The second-order valence-corrected chi connectivity index (χ2v) is 5.93. The molecule has 1 rings (SSSR count). The summed E-state index contributed by atoms with van der Waals surface area (Å²) in [5, 5.41) is 8.16. The quantitative estimate of drug-likeness (QED) is 0.754. The fourth-order valence-corrected chi connectivity index (χ4v) is 1.47.